The van der Waals surface area contributed by atoms with Crippen molar-refractivity contribution in [1.29, 1.82) is 0 Å². The van der Waals surface area contributed by atoms with E-state index in [9.17, 15) is 0 Å². The third-order valence-corrected chi connectivity index (χ3v) is 3.38. The van der Waals surface area contributed by atoms with Crippen LogP contribution < -0.4 is 5.32 Å². The van der Waals surface area contributed by atoms with Gasteiger partial charge in [-0.2, -0.15) is 0 Å². The van der Waals surface area contributed by atoms with Crippen LogP contribution in [0.15, 0.2) is 5.38 Å². The fraction of sp³-hybridized carbons (Fsp3) is 0.700. The van der Waals surface area contributed by atoms with Crippen LogP contribution in [-0.4, -0.2) is 23.2 Å². The summed E-state index contributed by atoms with van der Waals surface area (Å²) in [5.41, 5.74) is 0. The summed E-state index contributed by atoms with van der Waals surface area (Å²) in [4.78, 5) is 4.11. The lowest BCUT2D eigenvalue weighted by molar-refractivity contribution is 0.255. The predicted octanol–water partition coefficient (Wildman–Crippen LogP) is 3.01. The molecule has 86 valence electrons. The molecule has 0 aromatic carbocycles. The Morgan fingerprint density at radius 2 is 2.40 bits per heavy atom. The van der Waals surface area contributed by atoms with Crippen molar-refractivity contribution in [3.05, 3.63) is 10.5 Å². The van der Waals surface area contributed by atoms with Crippen molar-refractivity contribution in [2.24, 2.45) is 5.92 Å². The van der Waals surface area contributed by atoms with Crippen molar-refractivity contribution in [1.82, 2.24) is 4.98 Å². The van der Waals surface area contributed by atoms with E-state index in [1.54, 1.807) is 0 Å². The van der Waals surface area contributed by atoms with Gasteiger partial charge in [-0.1, -0.05) is 24.9 Å². The largest absolute Gasteiger partial charge is 0.396 e. The lowest BCUT2D eigenvalue weighted by atomic mass is 10.0. The summed E-state index contributed by atoms with van der Waals surface area (Å²) < 4.78 is 0. The van der Waals surface area contributed by atoms with Gasteiger partial charge in [-0.25, -0.2) is 4.98 Å². The van der Waals surface area contributed by atoms with Crippen LogP contribution in [0, 0.1) is 5.92 Å². The number of halogens is 1. The number of aliphatic hydroxyl groups is 1. The van der Waals surface area contributed by atoms with E-state index in [-0.39, 0.29) is 6.61 Å². The summed E-state index contributed by atoms with van der Waals surface area (Å²) in [5.74, 6) is 0.516. The van der Waals surface area contributed by atoms with E-state index in [0.717, 1.165) is 30.9 Å². The third-order valence-electron chi connectivity index (χ3n) is 2.25. The number of aliphatic hydroxyl groups excluding tert-OH is 1. The molecule has 3 nitrogen and oxygen atoms in total. The molecule has 1 unspecified atom stereocenters. The number of hydrogen-bond donors (Lipinski definition) is 2. The van der Waals surface area contributed by atoms with Gasteiger partial charge in [0.25, 0.3) is 0 Å². The van der Waals surface area contributed by atoms with Gasteiger partial charge in [0.1, 0.15) is 5.15 Å². The molecule has 15 heavy (non-hydrogen) atoms. The molecular formula is C10H17ClN2OS. The van der Waals surface area contributed by atoms with Crippen LogP contribution in [0.3, 0.4) is 0 Å². The summed E-state index contributed by atoms with van der Waals surface area (Å²) in [6, 6.07) is 0. The quantitative estimate of drug-likeness (QED) is 0.780. The topological polar surface area (TPSA) is 45.1 Å². The summed E-state index contributed by atoms with van der Waals surface area (Å²) in [6.45, 7) is 3.27. The highest BCUT2D eigenvalue weighted by Crippen LogP contribution is 2.20. The Labute approximate surface area is 99.5 Å². The molecule has 2 N–H and O–H groups in total. The van der Waals surface area contributed by atoms with Crippen LogP contribution in [0.1, 0.15) is 26.2 Å². The second-order valence-electron chi connectivity index (χ2n) is 3.52. The van der Waals surface area contributed by atoms with Gasteiger partial charge in [0.15, 0.2) is 5.13 Å². The number of nitrogens with zero attached hydrogens (tertiary/aromatic N) is 1. The minimum atomic E-state index is 0.255. The predicted molar refractivity (Wildman–Crippen MR) is 65.7 cm³/mol. The average molecular weight is 249 g/mol. The van der Waals surface area contributed by atoms with Crippen molar-refractivity contribution < 1.29 is 5.11 Å². The van der Waals surface area contributed by atoms with Gasteiger partial charge in [0, 0.05) is 18.5 Å². The van der Waals surface area contributed by atoms with Crippen LogP contribution in [0.5, 0.6) is 0 Å². The molecule has 0 fully saturated rings. The molecule has 0 saturated carbocycles. The monoisotopic (exact) mass is 248 g/mol. The normalized spacial score (nSPS) is 12.7. The number of hydrogen-bond acceptors (Lipinski definition) is 4. The molecule has 1 heterocycles. The van der Waals surface area contributed by atoms with Crippen molar-refractivity contribution in [3.8, 4) is 0 Å². The highest BCUT2D eigenvalue weighted by atomic mass is 35.5. The van der Waals surface area contributed by atoms with Crippen molar-refractivity contribution in [2.75, 3.05) is 18.5 Å². The maximum atomic E-state index is 8.90. The Morgan fingerprint density at radius 1 is 1.60 bits per heavy atom. The number of aromatic nitrogens is 1. The van der Waals surface area contributed by atoms with Crippen LogP contribution in [0.4, 0.5) is 5.13 Å². The molecule has 1 rings (SSSR count). The zero-order valence-corrected chi connectivity index (χ0v) is 10.4. The standard InChI is InChI=1S/C10H17ClN2OS/c1-2-3-8(4-5-14)6-12-10-13-9(11)7-15-10/h7-8,14H,2-6H2,1H3,(H,12,13). The van der Waals surface area contributed by atoms with Crippen molar-refractivity contribution >= 4 is 28.1 Å². The summed E-state index contributed by atoms with van der Waals surface area (Å²) in [5, 5.41) is 15.4. The van der Waals surface area contributed by atoms with E-state index in [0.29, 0.717) is 11.1 Å². The third kappa shape index (κ3) is 4.82. The Bertz CT molecular complexity index is 274. The summed E-state index contributed by atoms with van der Waals surface area (Å²) in [7, 11) is 0. The minimum absolute atomic E-state index is 0.255. The zero-order chi connectivity index (χ0) is 11.1. The molecule has 0 amide bonds. The van der Waals surface area contributed by atoms with Gasteiger partial charge < -0.3 is 10.4 Å². The SMILES string of the molecule is CCCC(CCO)CNc1nc(Cl)cs1. The fourth-order valence-electron chi connectivity index (χ4n) is 1.51. The van der Waals surface area contributed by atoms with Gasteiger partial charge >= 0.3 is 0 Å². The lowest BCUT2D eigenvalue weighted by Gasteiger charge is -2.14. The zero-order valence-electron chi connectivity index (χ0n) is 8.87. The molecule has 0 spiro atoms. The van der Waals surface area contributed by atoms with E-state index in [4.69, 9.17) is 16.7 Å². The maximum Gasteiger partial charge on any atom is 0.184 e. The van der Waals surface area contributed by atoms with Crippen molar-refractivity contribution in [3.63, 3.8) is 0 Å². The van der Waals surface area contributed by atoms with E-state index < -0.39 is 0 Å². The van der Waals surface area contributed by atoms with E-state index in [1.165, 1.54) is 11.3 Å². The number of thiazole rings is 1. The molecule has 0 aliphatic carbocycles. The van der Waals surface area contributed by atoms with Crippen LogP contribution >= 0.6 is 22.9 Å². The molecule has 0 saturated heterocycles. The van der Waals surface area contributed by atoms with E-state index in [2.05, 4.69) is 17.2 Å². The average Bonchev–Trinajstić information content (AvgIpc) is 2.61. The molecular weight excluding hydrogens is 232 g/mol. The molecule has 1 aromatic rings. The first kappa shape index (κ1) is 12.7. The first-order valence-electron chi connectivity index (χ1n) is 5.22. The Hall–Kier alpha value is -0.320. The lowest BCUT2D eigenvalue weighted by Crippen LogP contribution is -2.15. The summed E-state index contributed by atoms with van der Waals surface area (Å²) in [6.07, 6.45) is 3.12. The maximum absolute atomic E-state index is 8.90. The second kappa shape index (κ2) is 7.04. The number of anilines is 1. The molecule has 0 bridgehead atoms. The van der Waals surface area contributed by atoms with Gasteiger partial charge in [0.2, 0.25) is 0 Å². The number of rotatable bonds is 7. The van der Waals surface area contributed by atoms with Crippen molar-refractivity contribution in [2.45, 2.75) is 26.2 Å². The first-order chi connectivity index (χ1) is 7.26. The Balaban J connectivity index is 2.32. The van der Waals surface area contributed by atoms with Gasteiger partial charge in [-0.3, -0.25) is 0 Å². The highest BCUT2D eigenvalue weighted by molar-refractivity contribution is 7.14. The van der Waals surface area contributed by atoms with Gasteiger partial charge in [-0.05, 0) is 18.8 Å². The van der Waals surface area contributed by atoms with Crippen LogP contribution in [0.2, 0.25) is 5.15 Å². The fourth-order valence-corrected chi connectivity index (χ4v) is 2.35. The molecule has 0 aliphatic heterocycles. The Kier molecular flexibility index (Phi) is 5.98. The Morgan fingerprint density at radius 3 is 2.93 bits per heavy atom. The smallest absolute Gasteiger partial charge is 0.184 e. The summed E-state index contributed by atoms with van der Waals surface area (Å²) >= 11 is 7.23. The van der Waals surface area contributed by atoms with Crippen LogP contribution in [-0.2, 0) is 0 Å². The molecule has 1 aromatic heterocycles. The molecule has 1 atom stereocenters. The molecule has 5 heteroatoms. The molecule has 0 radical (unpaired) electrons. The number of nitrogens with one attached hydrogen (secondary N) is 1. The minimum Gasteiger partial charge on any atom is -0.396 e. The highest BCUT2D eigenvalue weighted by Gasteiger charge is 2.08. The van der Waals surface area contributed by atoms with E-state index >= 15 is 0 Å². The second-order valence-corrected chi connectivity index (χ2v) is 4.77. The first-order valence-corrected chi connectivity index (χ1v) is 6.47. The van der Waals surface area contributed by atoms with Gasteiger partial charge in [-0.15, -0.1) is 11.3 Å². The van der Waals surface area contributed by atoms with E-state index in [1.807, 2.05) is 5.38 Å². The van der Waals surface area contributed by atoms with Crippen LogP contribution in [0.25, 0.3) is 0 Å². The molecule has 0 aliphatic rings. The van der Waals surface area contributed by atoms with Gasteiger partial charge in [0.05, 0.1) is 0 Å².